The summed E-state index contributed by atoms with van der Waals surface area (Å²) in [5, 5.41) is 7.85. The van der Waals surface area contributed by atoms with E-state index in [0.29, 0.717) is 0 Å². The Morgan fingerprint density at radius 1 is 0.340 bits per heavy atom. The zero-order valence-electron chi connectivity index (χ0n) is 31.1. The molecule has 0 aromatic heterocycles. The fourth-order valence-electron chi connectivity index (χ4n) is 7.43. The zero-order chi connectivity index (χ0) is 35.7. The van der Waals surface area contributed by atoms with Crippen LogP contribution in [0, 0.1) is 55.4 Å². The predicted octanol–water partition coefficient (Wildman–Crippen LogP) is 9.35. The van der Waals surface area contributed by atoms with E-state index in [4.69, 9.17) is 9.47 Å². The van der Waals surface area contributed by atoms with Crippen LogP contribution in [0.4, 0.5) is 0 Å². The van der Waals surface area contributed by atoms with Gasteiger partial charge in [0.05, 0.1) is 14.2 Å². The number of methoxy groups -OCH3 is 2. The van der Waals surface area contributed by atoms with E-state index in [1.807, 2.05) is 0 Å². The Morgan fingerprint density at radius 3 is 0.800 bits per heavy atom. The van der Waals surface area contributed by atoms with E-state index < -0.39 is 15.8 Å². The zero-order valence-corrected chi connectivity index (χ0v) is 32.9. The van der Waals surface area contributed by atoms with Gasteiger partial charge in [-0.25, -0.2) is 0 Å². The molecule has 0 aliphatic carbocycles. The molecule has 0 spiro atoms. The summed E-state index contributed by atoms with van der Waals surface area (Å²) in [7, 11) is 1.62. The molecule has 0 bridgehead atoms. The minimum Gasteiger partial charge on any atom is -0.496 e. The second-order valence-electron chi connectivity index (χ2n) is 13.8. The van der Waals surface area contributed by atoms with Crippen LogP contribution in [0.25, 0.3) is 11.1 Å². The lowest BCUT2D eigenvalue weighted by Gasteiger charge is -2.29. The van der Waals surface area contributed by atoms with Gasteiger partial charge in [0.15, 0.2) is 0 Å². The fraction of sp³-hybridized carbons (Fsp3) is 0.217. The monoisotopic (exact) mass is 694 g/mol. The normalized spacial score (nSPS) is 11.4. The highest BCUT2D eigenvalue weighted by molar-refractivity contribution is 7.80. The molecule has 0 unspecified atom stereocenters. The molecule has 0 N–H and O–H groups in total. The molecule has 6 aromatic carbocycles. The maximum atomic E-state index is 6.34. The highest BCUT2D eigenvalue weighted by Gasteiger charge is 2.30. The Balaban J connectivity index is 1.75. The molecule has 2 nitrogen and oxygen atoms in total. The van der Waals surface area contributed by atoms with Crippen molar-refractivity contribution in [2.45, 2.75) is 55.4 Å². The molecule has 0 amide bonds. The largest absolute Gasteiger partial charge is 0.496 e. The fourth-order valence-corrected chi connectivity index (χ4v) is 13.2. The van der Waals surface area contributed by atoms with Crippen molar-refractivity contribution in [3.63, 3.8) is 0 Å². The molecule has 0 radical (unpaired) electrons. The Morgan fingerprint density at radius 2 is 0.580 bits per heavy atom. The first kappa shape index (κ1) is 35.6. The lowest BCUT2D eigenvalue weighted by Crippen LogP contribution is -2.27. The van der Waals surface area contributed by atoms with Crippen molar-refractivity contribution in [2.24, 2.45) is 0 Å². The molecule has 50 heavy (non-hydrogen) atoms. The van der Waals surface area contributed by atoms with Gasteiger partial charge in [-0.2, -0.15) is 0 Å². The number of rotatable bonds is 9. The maximum Gasteiger partial charge on any atom is 0.127 e. The van der Waals surface area contributed by atoms with Crippen molar-refractivity contribution >= 4 is 47.7 Å². The molecule has 6 rings (SSSR count). The van der Waals surface area contributed by atoms with Gasteiger partial charge in [-0.3, -0.25) is 0 Å². The molecule has 0 saturated heterocycles. The van der Waals surface area contributed by atoms with Crippen molar-refractivity contribution < 1.29 is 9.47 Å². The third-order valence-corrected chi connectivity index (χ3v) is 13.8. The summed E-state index contributed by atoms with van der Waals surface area (Å²) < 4.78 is 12.7. The Labute approximate surface area is 302 Å². The van der Waals surface area contributed by atoms with Crippen LogP contribution in [0.2, 0.25) is 0 Å². The van der Waals surface area contributed by atoms with Crippen molar-refractivity contribution in [1.82, 2.24) is 0 Å². The van der Waals surface area contributed by atoms with Crippen LogP contribution in [0.15, 0.2) is 109 Å². The van der Waals surface area contributed by atoms with Crippen LogP contribution in [0.3, 0.4) is 0 Å². The first-order valence-electron chi connectivity index (χ1n) is 17.2. The van der Waals surface area contributed by atoms with Gasteiger partial charge in [-0.15, -0.1) is 0 Å². The smallest absolute Gasteiger partial charge is 0.127 e. The van der Waals surface area contributed by atoms with Crippen molar-refractivity contribution in [2.75, 3.05) is 14.2 Å². The van der Waals surface area contributed by atoms with Crippen molar-refractivity contribution in [1.29, 1.82) is 0 Å². The molecule has 0 aliphatic heterocycles. The van der Waals surface area contributed by atoms with E-state index in [1.54, 1.807) is 14.2 Å². The van der Waals surface area contributed by atoms with Crippen molar-refractivity contribution in [3.05, 3.63) is 154 Å². The average Bonchev–Trinajstić information content (AvgIpc) is 3.03. The topological polar surface area (TPSA) is 18.5 Å². The number of ether oxygens (including phenoxy) is 2. The van der Waals surface area contributed by atoms with Gasteiger partial charge in [0.2, 0.25) is 0 Å². The van der Waals surface area contributed by atoms with Crippen LogP contribution in [0.1, 0.15) is 44.5 Å². The van der Waals surface area contributed by atoms with Crippen LogP contribution < -0.4 is 41.3 Å². The summed E-state index contributed by atoms with van der Waals surface area (Å²) >= 11 is 0. The molecule has 4 heteroatoms. The van der Waals surface area contributed by atoms with Gasteiger partial charge >= 0.3 is 0 Å². The first-order valence-corrected chi connectivity index (χ1v) is 19.9. The summed E-state index contributed by atoms with van der Waals surface area (Å²) in [5.41, 5.74) is 12.4. The van der Waals surface area contributed by atoms with E-state index in [-0.39, 0.29) is 0 Å². The number of benzene rings is 6. The van der Waals surface area contributed by atoms with E-state index in [1.165, 1.54) is 76.3 Å². The Kier molecular flexibility index (Phi) is 10.6. The highest BCUT2D eigenvalue weighted by Crippen LogP contribution is 2.47. The lowest BCUT2D eigenvalue weighted by atomic mass is 10.0. The second kappa shape index (κ2) is 14.9. The molecular formula is C46H48O2P2. The van der Waals surface area contributed by atoms with E-state index in [9.17, 15) is 0 Å². The molecule has 6 aromatic rings. The molecule has 0 heterocycles. The average molecular weight is 695 g/mol. The second-order valence-corrected chi connectivity index (χ2v) is 18.1. The molecule has 0 saturated carbocycles. The van der Waals surface area contributed by atoms with E-state index in [0.717, 1.165) is 22.6 Å². The van der Waals surface area contributed by atoms with Crippen LogP contribution in [0.5, 0.6) is 11.5 Å². The van der Waals surface area contributed by atoms with Crippen LogP contribution in [-0.2, 0) is 0 Å². The number of hydrogen-bond acceptors (Lipinski definition) is 2. The summed E-state index contributed by atoms with van der Waals surface area (Å²) in [6.07, 6.45) is 0. The van der Waals surface area contributed by atoms with Gasteiger partial charge in [0.1, 0.15) is 11.5 Å². The van der Waals surface area contributed by atoms with Gasteiger partial charge in [-0.1, -0.05) is 142 Å². The Bertz CT molecular complexity index is 1860. The molecule has 254 valence electrons. The van der Waals surface area contributed by atoms with Gasteiger partial charge in [0, 0.05) is 11.1 Å². The van der Waals surface area contributed by atoms with Crippen molar-refractivity contribution in [3.8, 4) is 22.6 Å². The summed E-state index contributed by atoms with van der Waals surface area (Å²) in [5.74, 6) is 1.70. The third kappa shape index (κ3) is 7.44. The Hall–Kier alpha value is -4.22. The van der Waals surface area contributed by atoms with Gasteiger partial charge in [0.25, 0.3) is 0 Å². The first-order chi connectivity index (χ1) is 23.9. The summed E-state index contributed by atoms with van der Waals surface area (Å²) in [4.78, 5) is 0. The molecule has 0 fully saturated rings. The third-order valence-electron chi connectivity index (χ3n) is 9.04. The lowest BCUT2D eigenvalue weighted by molar-refractivity contribution is 0.411. The van der Waals surface area contributed by atoms with Crippen LogP contribution >= 0.6 is 15.8 Å². The highest BCUT2D eigenvalue weighted by atomic mass is 31.1. The molecular weight excluding hydrogens is 646 g/mol. The SMILES string of the molecule is COc1cccc(P(c2cc(C)cc(C)c2)c2cc(C)cc(C)c2)c1-c1c(OC)cccc1P(c1cc(C)cc(C)c1)c1cc(C)cc(C)c1. The van der Waals surface area contributed by atoms with E-state index in [2.05, 4.69) is 165 Å². The van der Waals surface area contributed by atoms with Crippen LogP contribution in [-0.4, -0.2) is 14.2 Å². The van der Waals surface area contributed by atoms with Gasteiger partial charge < -0.3 is 9.47 Å². The standard InChI is InChI=1S/C46H48O2P2/c1-29-17-30(2)22-37(21-29)49(38-23-31(3)18-32(4)24-38)43-15-11-13-41(47-9)45(43)46-42(48-10)14-12-16-44(46)50(39-25-33(5)19-34(6)26-39)40-27-35(7)20-36(8)28-40/h11-28H,1-10H3. The summed E-state index contributed by atoms with van der Waals surface area (Å²) in [6, 6.07) is 41.3. The summed E-state index contributed by atoms with van der Waals surface area (Å²) in [6.45, 7) is 17.6. The minimum atomic E-state index is -0.984. The van der Waals surface area contributed by atoms with E-state index >= 15 is 0 Å². The molecule has 0 atom stereocenters. The maximum absolute atomic E-state index is 6.34. The number of aryl methyl sites for hydroxylation is 8. The number of hydrogen-bond donors (Lipinski definition) is 0. The quantitative estimate of drug-likeness (QED) is 0.141. The van der Waals surface area contributed by atoms with Gasteiger partial charge in [-0.05, 0) is 115 Å². The minimum absolute atomic E-state index is 0.852. The predicted molar refractivity (Wildman–Crippen MR) is 220 cm³/mol. The molecule has 0 aliphatic rings.